The average Bonchev–Trinajstić information content (AvgIpc) is 2.77. The molecule has 33 heavy (non-hydrogen) atoms. The zero-order chi connectivity index (χ0) is 23.8. The highest BCUT2D eigenvalue weighted by atomic mass is 35.5. The number of carbonyl (C=O) groups excluding carboxylic acids is 2. The summed E-state index contributed by atoms with van der Waals surface area (Å²) in [5.41, 5.74) is 0.533. The van der Waals surface area contributed by atoms with Crippen molar-refractivity contribution >= 4 is 52.5 Å². The molecular weight excluding hydrogens is 473 g/mol. The number of carbonyl (C=O) groups is 2. The summed E-state index contributed by atoms with van der Waals surface area (Å²) >= 11 is 11.1. The number of hydrogen-bond acceptors (Lipinski definition) is 3. The summed E-state index contributed by atoms with van der Waals surface area (Å²) in [5.74, 6) is -1.36. The van der Waals surface area contributed by atoms with Gasteiger partial charge in [0, 0.05) is 5.02 Å². The molecular formula is C24H14ClF3N2O2S. The van der Waals surface area contributed by atoms with Crippen molar-refractivity contribution < 1.29 is 22.8 Å². The Morgan fingerprint density at radius 1 is 0.939 bits per heavy atom. The highest BCUT2D eigenvalue weighted by molar-refractivity contribution is 7.80. The van der Waals surface area contributed by atoms with E-state index in [-0.39, 0.29) is 10.7 Å². The van der Waals surface area contributed by atoms with Gasteiger partial charge in [0.25, 0.3) is 11.8 Å². The van der Waals surface area contributed by atoms with Gasteiger partial charge in [-0.05, 0) is 71.4 Å². The van der Waals surface area contributed by atoms with Crippen molar-refractivity contribution in [3.8, 4) is 11.1 Å². The predicted octanol–water partition coefficient (Wildman–Crippen LogP) is 5.86. The first-order chi connectivity index (χ1) is 15.6. The summed E-state index contributed by atoms with van der Waals surface area (Å²) in [6.07, 6.45) is -3.16. The first kappa shape index (κ1) is 22.7. The summed E-state index contributed by atoms with van der Waals surface area (Å²) < 4.78 is 39.6. The number of alkyl halides is 3. The van der Waals surface area contributed by atoms with Gasteiger partial charge in [-0.25, -0.2) is 0 Å². The normalized spacial score (nSPS) is 15.7. The molecule has 0 aromatic heterocycles. The van der Waals surface area contributed by atoms with Crippen LogP contribution in [-0.4, -0.2) is 16.9 Å². The lowest BCUT2D eigenvalue weighted by molar-refractivity contribution is -0.137. The minimum absolute atomic E-state index is 0.0874. The summed E-state index contributed by atoms with van der Waals surface area (Å²) in [6, 6.07) is 17.7. The van der Waals surface area contributed by atoms with Gasteiger partial charge in [0.15, 0.2) is 5.11 Å². The van der Waals surface area contributed by atoms with Gasteiger partial charge in [-0.3, -0.25) is 19.8 Å². The molecule has 3 aromatic carbocycles. The molecule has 4 rings (SSSR count). The number of benzene rings is 3. The van der Waals surface area contributed by atoms with Crippen LogP contribution in [0, 0.1) is 0 Å². The molecule has 0 bridgehead atoms. The maximum atomic E-state index is 13.2. The first-order valence-corrected chi connectivity index (χ1v) is 10.4. The van der Waals surface area contributed by atoms with E-state index in [2.05, 4.69) is 5.32 Å². The van der Waals surface area contributed by atoms with Gasteiger partial charge in [-0.2, -0.15) is 13.2 Å². The van der Waals surface area contributed by atoms with Gasteiger partial charge in [0.1, 0.15) is 5.57 Å². The minimum atomic E-state index is -4.50. The summed E-state index contributed by atoms with van der Waals surface area (Å²) in [6.45, 7) is 0. The molecule has 1 fully saturated rings. The molecule has 1 aliphatic heterocycles. The number of nitrogens with one attached hydrogen (secondary N) is 1. The summed E-state index contributed by atoms with van der Waals surface area (Å²) in [5, 5.41) is 2.85. The molecule has 0 saturated carbocycles. The second-order valence-electron chi connectivity index (χ2n) is 7.10. The monoisotopic (exact) mass is 486 g/mol. The van der Waals surface area contributed by atoms with Gasteiger partial charge in [0.05, 0.1) is 11.3 Å². The molecule has 1 heterocycles. The molecule has 1 saturated heterocycles. The molecule has 166 valence electrons. The van der Waals surface area contributed by atoms with Crippen molar-refractivity contribution in [3.63, 3.8) is 0 Å². The Bertz CT molecular complexity index is 1300. The molecule has 0 radical (unpaired) electrons. The fourth-order valence-corrected chi connectivity index (χ4v) is 3.79. The van der Waals surface area contributed by atoms with Gasteiger partial charge in [-0.1, -0.05) is 48.0 Å². The predicted molar refractivity (Wildman–Crippen MR) is 125 cm³/mol. The van der Waals surface area contributed by atoms with Crippen LogP contribution < -0.4 is 10.2 Å². The van der Waals surface area contributed by atoms with Crippen molar-refractivity contribution in [2.24, 2.45) is 0 Å². The van der Waals surface area contributed by atoms with E-state index in [0.717, 1.165) is 17.0 Å². The minimum Gasteiger partial charge on any atom is -0.298 e. The van der Waals surface area contributed by atoms with E-state index in [9.17, 15) is 22.8 Å². The van der Waals surface area contributed by atoms with Crippen LogP contribution in [0.5, 0.6) is 0 Å². The van der Waals surface area contributed by atoms with Crippen LogP contribution in [0.3, 0.4) is 0 Å². The Balaban J connectivity index is 1.78. The highest BCUT2D eigenvalue weighted by Gasteiger charge is 2.35. The molecule has 4 nitrogen and oxygen atoms in total. The molecule has 0 aliphatic carbocycles. The topological polar surface area (TPSA) is 49.4 Å². The lowest BCUT2D eigenvalue weighted by Crippen LogP contribution is -2.54. The number of anilines is 1. The van der Waals surface area contributed by atoms with E-state index in [1.165, 1.54) is 18.2 Å². The number of thiocarbonyl (C=S) groups is 1. The smallest absolute Gasteiger partial charge is 0.298 e. The fourth-order valence-electron chi connectivity index (χ4n) is 3.39. The van der Waals surface area contributed by atoms with E-state index in [0.29, 0.717) is 27.4 Å². The lowest BCUT2D eigenvalue weighted by atomic mass is 9.96. The van der Waals surface area contributed by atoms with Crippen molar-refractivity contribution in [1.82, 2.24) is 5.32 Å². The van der Waals surface area contributed by atoms with Crippen LogP contribution in [0.2, 0.25) is 5.02 Å². The average molecular weight is 487 g/mol. The second kappa shape index (κ2) is 8.80. The zero-order valence-corrected chi connectivity index (χ0v) is 18.3. The van der Waals surface area contributed by atoms with Crippen LogP contribution >= 0.6 is 23.8 Å². The van der Waals surface area contributed by atoms with Gasteiger partial charge in [0.2, 0.25) is 0 Å². The largest absolute Gasteiger partial charge is 0.416 e. The van der Waals surface area contributed by atoms with Crippen molar-refractivity contribution in [3.05, 3.63) is 94.5 Å². The van der Waals surface area contributed by atoms with Gasteiger partial charge < -0.3 is 0 Å². The Kier molecular flexibility index (Phi) is 6.05. The van der Waals surface area contributed by atoms with Crippen molar-refractivity contribution in [2.75, 3.05) is 4.90 Å². The Hall–Kier alpha value is -3.49. The number of amides is 2. The Labute approximate surface area is 197 Å². The second-order valence-corrected chi connectivity index (χ2v) is 7.92. The first-order valence-electron chi connectivity index (χ1n) is 9.59. The maximum absolute atomic E-state index is 13.2. The van der Waals surface area contributed by atoms with Gasteiger partial charge >= 0.3 is 6.18 Å². The van der Waals surface area contributed by atoms with Crippen LogP contribution in [-0.2, 0) is 15.8 Å². The van der Waals surface area contributed by atoms with Crippen LogP contribution in [0.4, 0.5) is 18.9 Å². The van der Waals surface area contributed by atoms with Crippen molar-refractivity contribution in [2.45, 2.75) is 6.18 Å². The van der Waals surface area contributed by atoms with Crippen molar-refractivity contribution in [1.29, 1.82) is 0 Å². The van der Waals surface area contributed by atoms with Crippen LogP contribution in [0.1, 0.15) is 11.1 Å². The molecule has 2 amide bonds. The molecule has 3 aromatic rings. The molecule has 1 aliphatic rings. The molecule has 0 unspecified atom stereocenters. The third-order valence-corrected chi connectivity index (χ3v) is 5.48. The standard InChI is InChI=1S/C24H14ClF3N2O2S/c25-17-8-10-18(11-9-17)30-22(32)20(21(31)29-23(30)33)13-15-4-1-2-7-19(15)14-5-3-6-16(12-14)24(26,27)28/h1-13H,(H,29,31,33). The Morgan fingerprint density at radius 3 is 2.33 bits per heavy atom. The lowest BCUT2D eigenvalue weighted by Gasteiger charge is -2.29. The molecule has 9 heteroatoms. The highest BCUT2D eigenvalue weighted by Crippen LogP contribution is 2.34. The number of halogens is 4. The van der Waals surface area contributed by atoms with E-state index in [1.54, 1.807) is 48.5 Å². The number of rotatable bonds is 3. The van der Waals surface area contributed by atoms with Gasteiger partial charge in [-0.15, -0.1) is 0 Å². The van der Waals surface area contributed by atoms with E-state index in [4.69, 9.17) is 23.8 Å². The SMILES string of the molecule is O=C1NC(=S)N(c2ccc(Cl)cc2)C(=O)C1=Cc1ccccc1-c1cccc(C(F)(F)F)c1. The van der Waals surface area contributed by atoms with E-state index < -0.39 is 23.6 Å². The number of hydrogen-bond donors (Lipinski definition) is 1. The van der Waals surface area contributed by atoms with Crippen LogP contribution in [0.15, 0.2) is 78.4 Å². The summed E-state index contributed by atoms with van der Waals surface area (Å²) in [4.78, 5) is 27.0. The summed E-state index contributed by atoms with van der Waals surface area (Å²) in [7, 11) is 0. The fraction of sp³-hybridized carbons (Fsp3) is 0.0417. The molecule has 1 N–H and O–H groups in total. The van der Waals surface area contributed by atoms with E-state index in [1.807, 2.05) is 0 Å². The molecule has 0 spiro atoms. The Morgan fingerprint density at radius 2 is 1.64 bits per heavy atom. The van der Waals surface area contributed by atoms with E-state index >= 15 is 0 Å². The zero-order valence-electron chi connectivity index (χ0n) is 16.7. The maximum Gasteiger partial charge on any atom is 0.416 e. The number of nitrogens with zero attached hydrogens (tertiary/aromatic N) is 1. The third kappa shape index (κ3) is 4.67. The van der Waals surface area contributed by atoms with Crippen LogP contribution in [0.25, 0.3) is 17.2 Å². The third-order valence-electron chi connectivity index (χ3n) is 4.95. The quantitative estimate of drug-likeness (QED) is 0.287. The molecule has 0 atom stereocenters.